The summed E-state index contributed by atoms with van der Waals surface area (Å²) >= 11 is 0. The summed E-state index contributed by atoms with van der Waals surface area (Å²) in [5.74, 6) is 0.379. The van der Waals surface area contributed by atoms with Gasteiger partial charge >= 0.3 is 0 Å². The highest BCUT2D eigenvalue weighted by Crippen LogP contribution is 2.40. The third kappa shape index (κ3) is 7.90. The molecule has 0 amide bonds. The molecule has 0 atom stereocenters. The van der Waals surface area contributed by atoms with Gasteiger partial charge in [-0.3, -0.25) is 0 Å². The Kier molecular flexibility index (Phi) is 10.1. The monoisotopic (exact) mass is 318 g/mol. The highest BCUT2D eigenvalue weighted by molar-refractivity contribution is 5.26. The van der Waals surface area contributed by atoms with Gasteiger partial charge in [0, 0.05) is 0 Å². The SMILES string of the molecule is CCCCCCC(CCCC)(CCCC)Cc1ccc(O)cc1. The van der Waals surface area contributed by atoms with Crippen LogP contribution in [-0.4, -0.2) is 5.11 Å². The van der Waals surface area contributed by atoms with Crippen LogP contribution in [-0.2, 0) is 6.42 Å². The predicted molar refractivity (Wildman–Crippen MR) is 102 cm³/mol. The molecule has 0 radical (unpaired) electrons. The van der Waals surface area contributed by atoms with E-state index in [-0.39, 0.29) is 0 Å². The Morgan fingerprint density at radius 3 is 1.74 bits per heavy atom. The van der Waals surface area contributed by atoms with Gasteiger partial charge in [-0.05, 0) is 48.8 Å². The van der Waals surface area contributed by atoms with Crippen LogP contribution in [0.15, 0.2) is 24.3 Å². The van der Waals surface area contributed by atoms with E-state index in [4.69, 9.17) is 0 Å². The van der Waals surface area contributed by atoms with Gasteiger partial charge in [0.25, 0.3) is 0 Å². The molecule has 132 valence electrons. The molecular formula is C22H38O. The minimum Gasteiger partial charge on any atom is -0.508 e. The van der Waals surface area contributed by atoms with E-state index < -0.39 is 0 Å². The minimum absolute atomic E-state index is 0.379. The van der Waals surface area contributed by atoms with Crippen LogP contribution in [0.3, 0.4) is 0 Å². The largest absolute Gasteiger partial charge is 0.508 e. The standard InChI is InChI=1S/C22H38O/c1-4-7-10-11-18-22(16-8-5-2,17-9-6-3)19-20-12-14-21(23)15-13-20/h12-15,23H,4-11,16-19H2,1-3H3. The van der Waals surface area contributed by atoms with Crippen molar-refractivity contribution >= 4 is 0 Å². The average molecular weight is 319 g/mol. The molecule has 0 heterocycles. The zero-order chi connectivity index (χ0) is 17.0. The third-order valence-electron chi connectivity index (χ3n) is 5.20. The summed E-state index contributed by atoms with van der Waals surface area (Å²) in [5, 5.41) is 9.54. The highest BCUT2D eigenvalue weighted by atomic mass is 16.3. The lowest BCUT2D eigenvalue weighted by Gasteiger charge is -2.35. The Morgan fingerprint density at radius 1 is 0.696 bits per heavy atom. The van der Waals surface area contributed by atoms with Crippen LogP contribution in [0.4, 0.5) is 0 Å². The van der Waals surface area contributed by atoms with Crippen molar-refractivity contribution in [1.82, 2.24) is 0 Å². The molecule has 1 rings (SSSR count). The normalized spacial score (nSPS) is 11.8. The van der Waals surface area contributed by atoms with Crippen molar-refractivity contribution in [3.63, 3.8) is 0 Å². The number of rotatable bonds is 13. The van der Waals surface area contributed by atoms with E-state index in [2.05, 4.69) is 32.9 Å². The summed E-state index contributed by atoms with van der Waals surface area (Å²) < 4.78 is 0. The number of benzene rings is 1. The highest BCUT2D eigenvalue weighted by Gasteiger charge is 2.28. The predicted octanol–water partition coefficient (Wildman–Crippen LogP) is 7.27. The van der Waals surface area contributed by atoms with Crippen molar-refractivity contribution in [3.8, 4) is 5.75 Å². The van der Waals surface area contributed by atoms with E-state index in [1.807, 2.05) is 12.1 Å². The molecular weight excluding hydrogens is 280 g/mol. The molecule has 0 saturated heterocycles. The maximum absolute atomic E-state index is 9.54. The van der Waals surface area contributed by atoms with Crippen LogP contribution in [0.2, 0.25) is 0 Å². The lowest BCUT2D eigenvalue weighted by Crippen LogP contribution is -2.24. The van der Waals surface area contributed by atoms with Gasteiger partial charge in [0.2, 0.25) is 0 Å². The average Bonchev–Trinajstić information content (AvgIpc) is 2.57. The van der Waals surface area contributed by atoms with E-state index >= 15 is 0 Å². The van der Waals surface area contributed by atoms with Gasteiger partial charge in [-0.2, -0.15) is 0 Å². The molecule has 1 nitrogen and oxygen atoms in total. The Bertz CT molecular complexity index is 385. The smallest absolute Gasteiger partial charge is 0.115 e. The molecule has 0 aliphatic carbocycles. The molecule has 0 saturated carbocycles. The first kappa shape index (κ1) is 20.1. The topological polar surface area (TPSA) is 20.2 Å². The molecule has 0 aliphatic heterocycles. The molecule has 0 aliphatic rings. The van der Waals surface area contributed by atoms with Gasteiger partial charge in [0.15, 0.2) is 0 Å². The van der Waals surface area contributed by atoms with E-state index in [0.29, 0.717) is 11.2 Å². The summed E-state index contributed by atoms with van der Waals surface area (Å²) in [6.45, 7) is 6.91. The van der Waals surface area contributed by atoms with Crippen molar-refractivity contribution in [3.05, 3.63) is 29.8 Å². The maximum atomic E-state index is 9.54. The molecule has 1 aromatic rings. The first-order valence-corrected chi connectivity index (χ1v) is 9.93. The van der Waals surface area contributed by atoms with E-state index in [9.17, 15) is 5.11 Å². The van der Waals surface area contributed by atoms with Gasteiger partial charge in [-0.15, -0.1) is 0 Å². The van der Waals surface area contributed by atoms with Crippen molar-refractivity contribution in [1.29, 1.82) is 0 Å². The van der Waals surface area contributed by atoms with Crippen LogP contribution < -0.4 is 0 Å². The molecule has 1 N–H and O–H groups in total. The second-order valence-electron chi connectivity index (χ2n) is 7.36. The summed E-state index contributed by atoms with van der Waals surface area (Å²) in [7, 11) is 0. The summed E-state index contributed by atoms with van der Waals surface area (Å²) in [5.41, 5.74) is 1.86. The molecule has 0 bridgehead atoms. The van der Waals surface area contributed by atoms with Gasteiger partial charge in [0.1, 0.15) is 5.75 Å². The molecule has 1 aromatic carbocycles. The fourth-order valence-corrected chi connectivity index (χ4v) is 3.72. The van der Waals surface area contributed by atoms with Gasteiger partial charge < -0.3 is 5.11 Å². The molecule has 0 spiro atoms. The fourth-order valence-electron chi connectivity index (χ4n) is 3.72. The molecule has 0 unspecified atom stereocenters. The second kappa shape index (κ2) is 11.5. The molecule has 0 fully saturated rings. The number of phenolic OH excluding ortho intramolecular Hbond substituents is 1. The third-order valence-corrected chi connectivity index (χ3v) is 5.20. The van der Waals surface area contributed by atoms with Crippen LogP contribution in [0.1, 0.15) is 97.0 Å². The van der Waals surface area contributed by atoms with Gasteiger partial charge in [0.05, 0.1) is 0 Å². The second-order valence-corrected chi connectivity index (χ2v) is 7.36. The van der Waals surface area contributed by atoms with Crippen molar-refractivity contribution < 1.29 is 5.11 Å². The fraction of sp³-hybridized carbons (Fsp3) is 0.727. The number of unbranched alkanes of at least 4 members (excludes halogenated alkanes) is 5. The number of hydrogen-bond acceptors (Lipinski definition) is 1. The van der Waals surface area contributed by atoms with E-state index in [1.165, 1.54) is 82.6 Å². The summed E-state index contributed by atoms with van der Waals surface area (Å²) in [6.07, 6.45) is 16.0. The van der Waals surface area contributed by atoms with Crippen LogP contribution in [0, 0.1) is 5.41 Å². The van der Waals surface area contributed by atoms with E-state index in [0.717, 1.165) is 0 Å². The number of hydrogen-bond donors (Lipinski definition) is 1. The van der Waals surface area contributed by atoms with Crippen molar-refractivity contribution in [2.45, 2.75) is 97.8 Å². The van der Waals surface area contributed by atoms with Gasteiger partial charge in [-0.1, -0.05) is 84.3 Å². The number of phenols is 1. The van der Waals surface area contributed by atoms with Crippen LogP contribution in [0.25, 0.3) is 0 Å². The van der Waals surface area contributed by atoms with Crippen LogP contribution in [0.5, 0.6) is 5.75 Å². The summed E-state index contributed by atoms with van der Waals surface area (Å²) in [6, 6.07) is 7.93. The van der Waals surface area contributed by atoms with Crippen molar-refractivity contribution in [2.24, 2.45) is 5.41 Å². The zero-order valence-electron chi connectivity index (χ0n) is 15.7. The Morgan fingerprint density at radius 2 is 1.22 bits per heavy atom. The molecule has 0 aromatic heterocycles. The lowest BCUT2D eigenvalue weighted by molar-refractivity contribution is 0.196. The van der Waals surface area contributed by atoms with Crippen LogP contribution >= 0.6 is 0 Å². The lowest BCUT2D eigenvalue weighted by atomic mass is 9.70. The Balaban J connectivity index is 2.81. The number of aromatic hydroxyl groups is 1. The van der Waals surface area contributed by atoms with E-state index in [1.54, 1.807) is 0 Å². The zero-order valence-corrected chi connectivity index (χ0v) is 15.7. The summed E-state index contributed by atoms with van der Waals surface area (Å²) in [4.78, 5) is 0. The Labute approximate surface area is 144 Å². The Hall–Kier alpha value is -0.980. The van der Waals surface area contributed by atoms with Gasteiger partial charge in [-0.25, -0.2) is 0 Å². The molecule has 1 heteroatoms. The quantitative estimate of drug-likeness (QED) is 0.379. The minimum atomic E-state index is 0.379. The first-order valence-electron chi connectivity index (χ1n) is 9.93. The first-order chi connectivity index (χ1) is 11.2. The maximum Gasteiger partial charge on any atom is 0.115 e. The van der Waals surface area contributed by atoms with Crippen molar-refractivity contribution in [2.75, 3.05) is 0 Å². The molecule has 23 heavy (non-hydrogen) atoms.